The van der Waals surface area contributed by atoms with Gasteiger partial charge in [-0.1, -0.05) is 29.8 Å². The summed E-state index contributed by atoms with van der Waals surface area (Å²) in [6, 6.07) is 13.1. The number of imide groups is 1. The molecule has 3 aromatic rings. The fraction of sp³-hybridized carbons (Fsp3) is 0.174. The Labute approximate surface area is 184 Å². The number of rotatable bonds is 4. The van der Waals surface area contributed by atoms with Crippen molar-refractivity contribution in [1.82, 2.24) is 14.5 Å². The van der Waals surface area contributed by atoms with Crippen LogP contribution >= 0.6 is 23.4 Å². The molecule has 1 aliphatic heterocycles. The highest BCUT2D eigenvalue weighted by Gasteiger charge is 2.35. The van der Waals surface area contributed by atoms with Crippen molar-refractivity contribution in [2.24, 2.45) is 0 Å². The zero-order valence-corrected chi connectivity index (χ0v) is 18.4. The van der Waals surface area contributed by atoms with Crippen LogP contribution in [0.2, 0.25) is 5.02 Å². The van der Waals surface area contributed by atoms with Crippen LogP contribution in [0.5, 0.6) is 0 Å². The van der Waals surface area contributed by atoms with Crippen LogP contribution in [-0.2, 0) is 11.3 Å². The minimum atomic E-state index is -0.279. The first-order valence-corrected chi connectivity index (χ1v) is 10.6. The van der Waals surface area contributed by atoms with Gasteiger partial charge in [0, 0.05) is 22.6 Å². The van der Waals surface area contributed by atoms with Crippen molar-refractivity contribution >= 4 is 40.6 Å². The largest absolute Gasteiger partial charge is 0.303 e. The first-order valence-electron chi connectivity index (χ1n) is 9.45. The van der Waals surface area contributed by atoms with Gasteiger partial charge in [-0.15, -0.1) is 0 Å². The quantitative estimate of drug-likeness (QED) is 0.492. The van der Waals surface area contributed by atoms with Crippen LogP contribution < -0.4 is 0 Å². The Morgan fingerprint density at radius 1 is 1.07 bits per heavy atom. The molecule has 1 saturated heterocycles. The van der Waals surface area contributed by atoms with E-state index >= 15 is 0 Å². The van der Waals surface area contributed by atoms with Gasteiger partial charge in [-0.05, 0) is 79.6 Å². The molecule has 0 N–H and O–H groups in total. The monoisotopic (exact) mass is 437 g/mol. The van der Waals surface area contributed by atoms with Crippen LogP contribution in [0.3, 0.4) is 0 Å². The van der Waals surface area contributed by atoms with Gasteiger partial charge in [0.05, 0.1) is 11.4 Å². The van der Waals surface area contributed by atoms with Crippen LogP contribution in [0.1, 0.15) is 28.1 Å². The van der Waals surface area contributed by atoms with Crippen molar-refractivity contribution in [1.29, 1.82) is 0 Å². The topological polar surface area (TPSA) is 55.2 Å². The summed E-state index contributed by atoms with van der Waals surface area (Å²) in [5.41, 5.74) is 4.82. The summed E-state index contributed by atoms with van der Waals surface area (Å²) < 4.78 is 2.04. The highest BCUT2D eigenvalue weighted by atomic mass is 35.5. The van der Waals surface area contributed by atoms with Crippen LogP contribution in [0.25, 0.3) is 11.9 Å². The molecular formula is C23H20ClN3O2S. The SMILES string of the molecule is Cc1ccc(-n2c(C)cc(/C=C3/SC(=O)N(Cc4ccc(Cl)cc4)C3=O)c2C)nc1. The lowest BCUT2D eigenvalue weighted by atomic mass is 10.2. The molecule has 1 aromatic carbocycles. The normalized spacial score (nSPS) is 15.5. The molecule has 0 bridgehead atoms. The third-order valence-corrected chi connectivity index (χ3v) is 6.17. The summed E-state index contributed by atoms with van der Waals surface area (Å²) >= 11 is 6.88. The molecule has 2 aromatic heterocycles. The first kappa shape index (κ1) is 20.4. The Morgan fingerprint density at radius 3 is 2.47 bits per heavy atom. The molecule has 0 aliphatic carbocycles. The Hall–Kier alpha value is -2.83. The van der Waals surface area contributed by atoms with Gasteiger partial charge in [-0.25, -0.2) is 4.98 Å². The number of nitrogens with zero attached hydrogens (tertiary/aromatic N) is 3. The second kappa shape index (κ2) is 8.13. The maximum absolute atomic E-state index is 12.9. The van der Waals surface area contributed by atoms with Gasteiger partial charge < -0.3 is 4.57 Å². The molecule has 1 fully saturated rings. The Kier molecular flexibility index (Phi) is 5.54. The summed E-state index contributed by atoms with van der Waals surface area (Å²) in [6.07, 6.45) is 3.62. The van der Waals surface area contributed by atoms with E-state index < -0.39 is 0 Å². The number of carbonyl (C=O) groups is 2. The summed E-state index contributed by atoms with van der Waals surface area (Å²) in [6.45, 7) is 6.21. The van der Waals surface area contributed by atoms with E-state index in [9.17, 15) is 9.59 Å². The van der Waals surface area contributed by atoms with Gasteiger partial charge in [0.2, 0.25) is 0 Å². The second-order valence-corrected chi connectivity index (χ2v) is 8.68. The van der Waals surface area contributed by atoms with Crippen molar-refractivity contribution in [2.75, 3.05) is 0 Å². The van der Waals surface area contributed by atoms with Crippen molar-refractivity contribution < 1.29 is 9.59 Å². The van der Waals surface area contributed by atoms with E-state index in [0.717, 1.165) is 45.7 Å². The van der Waals surface area contributed by atoms with Crippen molar-refractivity contribution in [3.8, 4) is 5.82 Å². The van der Waals surface area contributed by atoms with Crippen LogP contribution in [0.4, 0.5) is 4.79 Å². The molecule has 5 nitrogen and oxygen atoms in total. The number of aryl methyl sites for hydroxylation is 2. The van der Waals surface area contributed by atoms with E-state index in [-0.39, 0.29) is 17.7 Å². The number of aromatic nitrogens is 2. The van der Waals surface area contributed by atoms with Crippen molar-refractivity contribution in [3.05, 3.63) is 86.7 Å². The van der Waals surface area contributed by atoms with Gasteiger partial charge in [0.15, 0.2) is 0 Å². The summed E-state index contributed by atoms with van der Waals surface area (Å²) in [5.74, 6) is 0.546. The molecule has 1 aliphatic rings. The molecule has 0 unspecified atom stereocenters. The van der Waals surface area contributed by atoms with E-state index in [1.807, 2.05) is 61.9 Å². The lowest BCUT2D eigenvalue weighted by Gasteiger charge is -2.12. The lowest BCUT2D eigenvalue weighted by molar-refractivity contribution is -0.123. The Balaban J connectivity index is 1.61. The van der Waals surface area contributed by atoms with Gasteiger partial charge in [0.1, 0.15) is 5.82 Å². The molecule has 3 heterocycles. The highest BCUT2D eigenvalue weighted by Crippen LogP contribution is 2.34. The first-order chi connectivity index (χ1) is 14.3. The van der Waals surface area contributed by atoms with Gasteiger partial charge in [-0.3, -0.25) is 14.5 Å². The zero-order valence-electron chi connectivity index (χ0n) is 16.8. The molecular weight excluding hydrogens is 418 g/mol. The highest BCUT2D eigenvalue weighted by molar-refractivity contribution is 8.18. The van der Waals surface area contributed by atoms with Crippen LogP contribution in [0.15, 0.2) is 53.6 Å². The number of carbonyl (C=O) groups excluding carboxylic acids is 2. The second-order valence-electron chi connectivity index (χ2n) is 7.25. The summed E-state index contributed by atoms with van der Waals surface area (Å²) in [4.78, 5) is 31.5. The molecule has 152 valence electrons. The molecule has 0 atom stereocenters. The van der Waals surface area contributed by atoms with E-state index in [2.05, 4.69) is 4.98 Å². The maximum Gasteiger partial charge on any atom is 0.293 e. The fourth-order valence-electron chi connectivity index (χ4n) is 3.43. The predicted molar refractivity (Wildman–Crippen MR) is 121 cm³/mol. The number of hydrogen-bond donors (Lipinski definition) is 0. The minimum absolute atomic E-state index is 0.228. The number of pyridine rings is 1. The molecule has 0 radical (unpaired) electrons. The van der Waals surface area contributed by atoms with E-state index in [4.69, 9.17) is 11.6 Å². The van der Waals surface area contributed by atoms with E-state index in [0.29, 0.717) is 9.93 Å². The number of thioether (sulfide) groups is 1. The van der Waals surface area contributed by atoms with Crippen molar-refractivity contribution in [2.45, 2.75) is 27.3 Å². The Bertz CT molecular complexity index is 1160. The number of hydrogen-bond acceptors (Lipinski definition) is 4. The fourth-order valence-corrected chi connectivity index (χ4v) is 4.38. The third kappa shape index (κ3) is 3.93. The van der Waals surface area contributed by atoms with Crippen molar-refractivity contribution in [3.63, 3.8) is 0 Å². The zero-order chi connectivity index (χ0) is 21.4. The number of benzene rings is 1. The standard InChI is InChI=1S/C23H20ClN3O2S/c1-14-4-9-21(25-12-14)27-15(2)10-18(16(27)3)11-20-22(28)26(23(29)30-20)13-17-5-7-19(24)8-6-17/h4-12H,13H2,1-3H3/b20-11+. The predicted octanol–water partition coefficient (Wildman–Crippen LogP) is 5.69. The van der Waals surface area contributed by atoms with Crippen LogP contribution in [0, 0.1) is 20.8 Å². The van der Waals surface area contributed by atoms with E-state index in [1.54, 1.807) is 18.2 Å². The third-order valence-electron chi connectivity index (χ3n) is 5.01. The van der Waals surface area contributed by atoms with Gasteiger partial charge in [-0.2, -0.15) is 0 Å². The smallest absolute Gasteiger partial charge is 0.293 e. The lowest BCUT2D eigenvalue weighted by Crippen LogP contribution is -2.27. The molecule has 0 saturated carbocycles. The molecule has 2 amide bonds. The average molecular weight is 438 g/mol. The van der Waals surface area contributed by atoms with E-state index in [1.165, 1.54) is 4.90 Å². The number of amides is 2. The number of halogens is 1. The molecule has 4 rings (SSSR count). The molecule has 30 heavy (non-hydrogen) atoms. The van der Waals surface area contributed by atoms with Crippen LogP contribution in [-0.4, -0.2) is 25.6 Å². The summed E-state index contributed by atoms with van der Waals surface area (Å²) in [5, 5.41) is 0.349. The average Bonchev–Trinajstić information content (AvgIpc) is 3.14. The minimum Gasteiger partial charge on any atom is -0.303 e. The summed E-state index contributed by atoms with van der Waals surface area (Å²) in [7, 11) is 0. The molecule has 0 spiro atoms. The molecule has 7 heteroatoms. The van der Waals surface area contributed by atoms with Gasteiger partial charge >= 0.3 is 0 Å². The maximum atomic E-state index is 12.9. The van der Waals surface area contributed by atoms with Gasteiger partial charge in [0.25, 0.3) is 11.1 Å². The Morgan fingerprint density at radius 2 is 1.80 bits per heavy atom.